The molecule has 128 valence electrons. The Labute approximate surface area is 148 Å². The molecule has 1 aromatic heterocycles. The van der Waals surface area contributed by atoms with Crippen LogP contribution in [0.15, 0.2) is 35.7 Å². The maximum absolute atomic E-state index is 12.8. The van der Waals surface area contributed by atoms with Gasteiger partial charge in [-0.05, 0) is 54.0 Å². The van der Waals surface area contributed by atoms with E-state index in [-0.39, 0.29) is 11.9 Å². The topological polar surface area (TPSA) is 23.6 Å². The molecule has 0 saturated heterocycles. The summed E-state index contributed by atoms with van der Waals surface area (Å²) in [6, 6.07) is 11.0. The summed E-state index contributed by atoms with van der Waals surface area (Å²) in [7, 11) is 4.08. The highest BCUT2D eigenvalue weighted by Gasteiger charge is 2.29. The molecule has 1 aromatic carbocycles. The summed E-state index contributed by atoms with van der Waals surface area (Å²) in [5, 5.41) is 2.16. The Morgan fingerprint density at radius 1 is 1.25 bits per heavy atom. The second-order valence-corrected chi connectivity index (χ2v) is 7.62. The van der Waals surface area contributed by atoms with E-state index >= 15 is 0 Å². The molecule has 0 spiro atoms. The van der Waals surface area contributed by atoms with Crippen LogP contribution in [0.5, 0.6) is 0 Å². The molecule has 1 atom stereocenters. The summed E-state index contributed by atoms with van der Waals surface area (Å²) in [5.74, 6) is 0.287. The van der Waals surface area contributed by atoms with Crippen LogP contribution in [0.1, 0.15) is 41.8 Å². The highest BCUT2D eigenvalue weighted by molar-refractivity contribution is 7.10. The summed E-state index contributed by atoms with van der Waals surface area (Å²) >= 11 is 1.83. The van der Waals surface area contributed by atoms with E-state index in [2.05, 4.69) is 52.4 Å². The highest BCUT2D eigenvalue weighted by atomic mass is 32.1. The summed E-state index contributed by atoms with van der Waals surface area (Å²) < 4.78 is 0. The van der Waals surface area contributed by atoms with Crippen LogP contribution in [0.3, 0.4) is 0 Å². The first-order valence-corrected chi connectivity index (χ1v) is 9.60. The summed E-state index contributed by atoms with van der Waals surface area (Å²) in [6.45, 7) is 3.04. The van der Waals surface area contributed by atoms with Crippen LogP contribution in [0.2, 0.25) is 0 Å². The van der Waals surface area contributed by atoms with Crippen molar-refractivity contribution in [2.45, 2.75) is 38.6 Å². The first kappa shape index (κ1) is 17.0. The molecular weight excluding hydrogens is 316 g/mol. The van der Waals surface area contributed by atoms with E-state index in [1.54, 1.807) is 0 Å². The first-order chi connectivity index (χ1) is 11.6. The van der Waals surface area contributed by atoms with Crippen LogP contribution < -0.4 is 4.90 Å². The van der Waals surface area contributed by atoms with Gasteiger partial charge in [-0.2, -0.15) is 0 Å². The van der Waals surface area contributed by atoms with Crippen LogP contribution in [0, 0.1) is 0 Å². The number of hydrogen-bond acceptors (Lipinski definition) is 3. The number of rotatable bonds is 5. The molecule has 24 heavy (non-hydrogen) atoms. The van der Waals surface area contributed by atoms with E-state index in [1.165, 1.54) is 21.7 Å². The Kier molecular flexibility index (Phi) is 5.24. The van der Waals surface area contributed by atoms with Crippen LogP contribution in [-0.4, -0.2) is 31.4 Å². The lowest BCUT2D eigenvalue weighted by molar-refractivity contribution is -0.134. The minimum atomic E-state index is 0.267. The Bertz CT molecular complexity index is 690. The number of amides is 1. The Hall–Kier alpha value is -1.81. The Morgan fingerprint density at radius 2 is 2.00 bits per heavy atom. The fourth-order valence-electron chi connectivity index (χ4n) is 3.49. The molecule has 2 aromatic rings. The van der Waals surface area contributed by atoms with E-state index < -0.39 is 0 Å². The van der Waals surface area contributed by atoms with Gasteiger partial charge in [-0.15, -0.1) is 11.3 Å². The molecule has 1 aliphatic rings. The van der Waals surface area contributed by atoms with Crippen LogP contribution in [0.4, 0.5) is 5.69 Å². The van der Waals surface area contributed by atoms with E-state index in [4.69, 9.17) is 0 Å². The highest BCUT2D eigenvalue weighted by Crippen LogP contribution is 2.35. The van der Waals surface area contributed by atoms with Crippen molar-refractivity contribution in [1.29, 1.82) is 0 Å². The van der Waals surface area contributed by atoms with Gasteiger partial charge >= 0.3 is 0 Å². The molecule has 0 N–H and O–H groups in total. The Balaban J connectivity index is 1.62. The van der Waals surface area contributed by atoms with Crippen molar-refractivity contribution in [1.82, 2.24) is 4.90 Å². The van der Waals surface area contributed by atoms with Gasteiger partial charge in [-0.1, -0.05) is 19.1 Å². The Morgan fingerprint density at radius 3 is 2.67 bits per heavy atom. The molecule has 1 aliphatic heterocycles. The first-order valence-electron chi connectivity index (χ1n) is 8.72. The number of aryl methyl sites for hydroxylation is 1. The quantitative estimate of drug-likeness (QED) is 0.809. The summed E-state index contributed by atoms with van der Waals surface area (Å²) in [6.07, 6.45) is 3.41. The predicted molar refractivity (Wildman–Crippen MR) is 102 cm³/mol. The maximum Gasteiger partial charge on any atom is 0.223 e. The third-order valence-electron chi connectivity index (χ3n) is 4.88. The molecule has 2 heterocycles. The molecule has 4 heteroatoms. The lowest BCUT2D eigenvalue weighted by atomic mass is 9.97. The molecule has 0 bridgehead atoms. The van der Waals surface area contributed by atoms with Crippen molar-refractivity contribution >= 4 is 22.9 Å². The maximum atomic E-state index is 12.8. The van der Waals surface area contributed by atoms with Gasteiger partial charge in [-0.3, -0.25) is 4.79 Å². The molecule has 3 rings (SSSR count). The third-order valence-corrected chi connectivity index (χ3v) is 5.88. The number of carbonyl (C=O) groups is 1. The van der Waals surface area contributed by atoms with E-state index in [9.17, 15) is 4.79 Å². The zero-order valence-corrected chi connectivity index (χ0v) is 15.6. The molecule has 3 nitrogen and oxygen atoms in total. The van der Waals surface area contributed by atoms with E-state index in [1.807, 2.05) is 25.4 Å². The van der Waals surface area contributed by atoms with Crippen molar-refractivity contribution in [3.63, 3.8) is 0 Å². The van der Waals surface area contributed by atoms with Crippen LogP contribution in [-0.2, 0) is 17.6 Å². The predicted octanol–water partition coefficient (Wildman–Crippen LogP) is 4.28. The largest absolute Gasteiger partial charge is 0.378 e. The fraction of sp³-hybridized carbons (Fsp3) is 0.450. The average Bonchev–Trinajstić information content (AvgIpc) is 3.07. The molecular formula is C20H26N2OS. The number of carbonyl (C=O) groups excluding carboxylic acids is 1. The molecule has 0 saturated carbocycles. The van der Waals surface area contributed by atoms with E-state index in [0.29, 0.717) is 6.42 Å². The average molecular weight is 343 g/mol. The van der Waals surface area contributed by atoms with Gasteiger partial charge in [0.1, 0.15) is 0 Å². The smallest absolute Gasteiger partial charge is 0.223 e. The lowest BCUT2D eigenvalue weighted by Crippen LogP contribution is -2.39. The second-order valence-electron chi connectivity index (χ2n) is 6.62. The number of fused-ring (bicyclic) bond motifs is 1. The van der Waals surface area contributed by atoms with Crippen molar-refractivity contribution in [2.75, 3.05) is 25.5 Å². The number of benzene rings is 1. The van der Waals surface area contributed by atoms with Crippen LogP contribution in [0.25, 0.3) is 0 Å². The fourth-order valence-corrected chi connectivity index (χ4v) is 4.42. The zero-order chi connectivity index (χ0) is 17.1. The number of thiophene rings is 1. The van der Waals surface area contributed by atoms with Gasteiger partial charge in [0.15, 0.2) is 0 Å². The normalized spacial score (nSPS) is 16.8. The lowest BCUT2D eigenvalue weighted by Gasteiger charge is -2.35. The minimum absolute atomic E-state index is 0.267. The molecule has 0 aliphatic carbocycles. The molecule has 1 unspecified atom stereocenters. The second kappa shape index (κ2) is 7.39. The summed E-state index contributed by atoms with van der Waals surface area (Å²) in [4.78, 5) is 18.4. The van der Waals surface area contributed by atoms with Crippen molar-refractivity contribution in [3.8, 4) is 0 Å². The van der Waals surface area contributed by atoms with Gasteiger partial charge in [-0.25, -0.2) is 0 Å². The standard InChI is InChI=1S/C20H26N2OS/c1-4-18-17-12-14-24-19(17)11-13-22(18)20(23)10-7-15-5-8-16(9-6-15)21(2)3/h5-6,8-9,12,14,18H,4,7,10-11,13H2,1-3H3. The van der Waals surface area contributed by atoms with Gasteiger partial charge in [0, 0.05) is 37.6 Å². The molecule has 0 radical (unpaired) electrons. The van der Waals surface area contributed by atoms with Crippen LogP contribution >= 0.6 is 11.3 Å². The van der Waals surface area contributed by atoms with Gasteiger partial charge < -0.3 is 9.80 Å². The van der Waals surface area contributed by atoms with Gasteiger partial charge in [0.25, 0.3) is 0 Å². The van der Waals surface area contributed by atoms with Crippen molar-refractivity contribution in [3.05, 3.63) is 51.7 Å². The molecule has 0 fully saturated rings. The monoisotopic (exact) mass is 342 g/mol. The van der Waals surface area contributed by atoms with Gasteiger partial charge in [0.05, 0.1) is 6.04 Å². The van der Waals surface area contributed by atoms with Gasteiger partial charge in [0.2, 0.25) is 5.91 Å². The minimum Gasteiger partial charge on any atom is -0.378 e. The summed E-state index contributed by atoms with van der Waals surface area (Å²) in [5.41, 5.74) is 3.80. The zero-order valence-electron chi connectivity index (χ0n) is 14.8. The number of nitrogens with zero attached hydrogens (tertiary/aromatic N) is 2. The SMILES string of the molecule is CCC1c2ccsc2CCN1C(=O)CCc1ccc(N(C)C)cc1. The molecule has 1 amide bonds. The van der Waals surface area contributed by atoms with Crippen molar-refractivity contribution in [2.24, 2.45) is 0 Å². The number of anilines is 1. The number of hydrogen-bond donors (Lipinski definition) is 0. The third kappa shape index (κ3) is 3.48. The van der Waals surface area contributed by atoms with E-state index in [0.717, 1.165) is 25.8 Å². The van der Waals surface area contributed by atoms with Crippen molar-refractivity contribution < 1.29 is 4.79 Å².